The number of sulfone groups is 1. The minimum Gasteiger partial charge on any atom is -0.386 e. The highest BCUT2D eigenvalue weighted by molar-refractivity contribution is 7.91. The van der Waals surface area contributed by atoms with E-state index in [1.54, 1.807) is 0 Å². The van der Waals surface area contributed by atoms with E-state index in [0.29, 0.717) is 0 Å². The molecule has 0 aliphatic carbocycles. The summed E-state index contributed by atoms with van der Waals surface area (Å²) in [6.45, 7) is 1.15. The second kappa shape index (κ2) is 5.22. The Balaban J connectivity index is 2.15. The molecule has 12 nitrogen and oxygen atoms in total. The summed E-state index contributed by atoms with van der Waals surface area (Å²) >= 11 is 0. The van der Waals surface area contributed by atoms with E-state index < -0.39 is 44.7 Å². The number of aliphatic hydroxyl groups excluding tert-OH is 2. The van der Waals surface area contributed by atoms with Crippen LogP contribution in [0.25, 0.3) is 11.2 Å². The first-order chi connectivity index (χ1) is 11.1. The molecule has 13 heteroatoms. The summed E-state index contributed by atoms with van der Waals surface area (Å²) in [5, 5.41) is 29.6. The molecule has 1 fully saturated rings. The highest BCUT2D eigenvalue weighted by Gasteiger charge is 2.57. The van der Waals surface area contributed by atoms with Crippen LogP contribution in [0.15, 0.2) is 11.1 Å². The SMILES string of the molecule is C[C@@]1(O)[C@@H](O)[C@@H](S(=O)(=O)CO)O[C@H]1n1cnc2c(=O)[nH]c(N)nc21. The van der Waals surface area contributed by atoms with E-state index >= 15 is 0 Å². The third kappa shape index (κ3) is 2.29. The molecule has 0 aromatic carbocycles. The van der Waals surface area contributed by atoms with Crippen molar-refractivity contribution in [3.8, 4) is 0 Å². The second-order valence-electron chi connectivity index (χ2n) is 5.59. The monoisotopic (exact) mass is 361 g/mol. The number of ether oxygens (including phenoxy) is 1. The van der Waals surface area contributed by atoms with Crippen LogP contribution in [0.1, 0.15) is 13.2 Å². The second-order valence-corrected chi connectivity index (χ2v) is 7.64. The average Bonchev–Trinajstić information content (AvgIpc) is 3.00. The van der Waals surface area contributed by atoms with Crippen molar-refractivity contribution >= 4 is 26.9 Å². The Bertz CT molecular complexity index is 949. The van der Waals surface area contributed by atoms with Crippen molar-refractivity contribution in [2.75, 3.05) is 11.7 Å². The number of hydrogen-bond donors (Lipinski definition) is 5. The summed E-state index contributed by atoms with van der Waals surface area (Å²) in [5.41, 5.74) is 0.748. The van der Waals surface area contributed by atoms with Gasteiger partial charge in [-0.25, -0.2) is 13.4 Å². The van der Waals surface area contributed by atoms with Crippen LogP contribution in [0.3, 0.4) is 0 Å². The lowest BCUT2D eigenvalue weighted by Crippen LogP contribution is -2.45. The van der Waals surface area contributed by atoms with Crippen LogP contribution in [0.5, 0.6) is 0 Å². The maximum atomic E-state index is 11.8. The summed E-state index contributed by atoms with van der Waals surface area (Å²) < 4.78 is 30.0. The van der Waals surface area contributed by atoms with Crippen LogP contribution < -0.4 is 11.3 Å². The van der Waals surface area contributed by atoms with Crippen LogP contribution in [-0.2, 0) is 14.6 Å². The molecule has 132 valence electrons. The van der Waals surface area contributed by atoms with E-state index in [1.165, 1.54) is 0 Å². The topological polar surface area (TPSA) is 194 Å². The molecule has 0 unspecified atom stereocenters. The zero-order chi connectivity index (χ0) is 17.9. The first kappa shape index (κ1) is 16.8. The molecule has 1 aliphatic heterocycles. The van der Waals surface area contributed by atoms with E-state index in [1.807, 2.05) is 0 Å². The fourth-order valence-corrected chi connectivity index (χ4v) is 3.67. The molecular formula is C11H15N5O7S. The maximum absolute atomic E-state index is 11.8. The first-order valence-electron chi connectivity index (χ1n) is 6.70. The van der Waals surface area contributed by atoms with Crippen molar-refractivity contribution in [3.05, 3.63) is 16.7 Å². The smallest absolute Gasteiger partial charge is 0.280 e. The third-order valence-corrected chi connectivity index (χ3v) is 5.29. The van der Waals surface area contributed by atoms with Crippen LogP contribution >= 0.6 is 0 Å². The van der Waals surface area contributed by atoms with Gasteiger partial charge < -0.3 is 25.8 Å². The molecule has 4 atom stereocenters. The van der Waals surface area contributed by atoms with Crippen molar-refractivity contribution in [1.82, 2.24) is 19.5 Å². The van der Waals surface area contributed by atoms with Gasteiger partial charge in [-0.05, 0) is 6.92 Å². The highest BCUT2D eigenvalue weighted by Crippen LogP contribution is 2.41. The molecule has 0 amide bonds. The molecule has 6 N–H and O–H groups in total. The molecular weight excluding hydrogens is 346 g/mol. The van der Waals surface area contributed by atoms with E-state index in [4.69, 9.17) is 15.6 Å². The number of anilines is 1. The Morgan fingerprint density at radius 1 is 1.54 bits per heavy atom. The number of rotatable bonds is 3. The zero-order valence-corrected chi connectivity index (χ0v) is 13.1. The van der Waals surface area contributed by atoms with Gasteiger partial charge in [-0.2, -0.15) is 4.98 Å². The van der Waals surface area contributed by atoms with E-state index in [0.717, 1.165) is 17.8 Å². The lowest BCUT2D eigenvalue weighted by atomic mass is 10.0. The minimum absolute atomic E-state index is 0.0595. The van der Waals surface area contributed by atoms with Crippen molar-refractivity contribution < 1.29 is 28.5 Å². The van der Waals surface area contributed by atoms with Gasteiger partial charge in [0.05, 0.1) is 6.33 Å². The fourth-order valence-electron chi connectivity index (χ4n) is 2.58. The van der Waals surface area contributed by atoms with Crippen molar-refractivity contribution in [3.63, 3.8) is 0 Å². The van der Waals surface area contributed by atoms with Crippen molar-refractivity contribution in [1.29, 1.82) is 0 Å². The quantitative estimate of drug-likeness (QED) is 0.377. The van der Waals surface area contributed by atoms with Crippen LogP contribution in [0.2, 0.25) is 0 Å². The molecule has 3 heterocycles. The summed E-state index contributed by atoms with van der Waals surface area (Å²) in [7, 11) is -4.24. The van der Waals surface area contributed by atoms with E-state index in [9.17, 15) is 23.4 Å². The number of nitrogens with two attached hydrogens (primary N) is 1. The number of H-pyrrole nitrogens is 1. The Hall–Kier alpha value is -2.06. The number of fused-ring (bicyclic) bond motifs is 1. The molecule has 1 aliphatic rings. The van der Waals surface area contributed by atoms with Crippen molar-refractivity contribution in [2.45, 2.75) is 30.3 Å². The molecule has 1 saturated heterocycles. The number of hydrogen-bond acceptors (Lipinski definition) is 10. The van der Waals surface area contributed by atoms with E-state index in [-0.39, 0.29) is 17.1 Å². The first-order valence-corrected chi connectivity index (χ1v) is 8.42. The summed E-state index contributed by atoms with van der Waals surface area (Å²) in [4.78, 5) is 21.8. The lowest BCUT2D eigenvalue weighted by molar-refractivity contribution is -0.0928. The van der Waals surface area contributed by atoms with Gasteiger partial charge in [0.2, 0.25) is 15.8 Å². The number of nitrogens with zero attached hydrogens (tertiary/aromatic N) is 3. The Kier molecular flexibility index (Phi) is 3.65. The number of aromatic nitrogens is 4. The minimum atomic E-state index is -4.24. The van der Waals surface area contributed by atoms with Gasteiger partial charge in [0, 0.05) is 0 Å². The number of nitrogen functional groups attached to an aromatic ring is 1. The normalized spacial score (nSPS) is 30.9. The average molecular weight is 361 g/mol. The van der Waals surface area contributed by atoms with E-state index in [2.05, 4.69) is 15.0 Å². The molecule has 0 radical (unpaired) electrons. The van der Waals surface area contributed by atoms with Crippen LogP contribution in [0.4, 0.5) is 5.95 Å². The molecule has 0 saturated carbocycles. The van der Waals surface area contributed by atoms with Gasteiger partial charge in [0.1, 0.15) is 17.6 Å². The van der Waals surface area contributed by atoms with Gasteiger partial charge >= 0.3 is 0 Å². The third-order valence-electron chi connectivity index (χ3n) is 3.86. The van der Waals surface area contributed by atoms with Gasteiger partial charge in [-0.3, -0.25) is 14.3 Å². The summed E-state index contributed by atoms with van der Waals surface area (Å²) in [6.07, 6.45) is -2.18. The molecule has 0 bridgehead atoms. The summed E-state index contributed by atoms with van der Waals surface area (Å²) in [6, 6.07) is 0. The number of aliphatic hydroxyl groups is 3. The van der Waals surface area contributed by atoms with Crippen molar-refractivity contribution in [2.24, 2.45) is 0 Å². The summed E-state index contributed by atoms with van der Waals surface area (Å²) in [5.74, 6) is -1.49. The fraction of sp³-hybridized carbons (Fsp3) is 0.545. The molecule has 2 aromatic heterocycles. The zero-order valence-electron chi connectivity index (χ0n) is 12.3. The van der Waals surface area contributed by atoms with Gasteiger partial charge in [-0.1, -0.05) is 0 Å². The largest absolute Gasteiger partial charge is 0.386 e. The van der Waals surface area contributed by atoms with Gasteiger partial charge in [0.15, 0.2) is 22.8 Å². The van der Waals surface area contributed by atoms with Gasteiger partial charge in [0.25, 0.3) is 5.56 Å². The molecule has 0 spiro atoms. The molecule has 3 rings (SSSR count). The van der Waals surface area contributed by atoms with Crippen LogP contribution in [0, 0.1) is 0 Å². The number of imidazole rings is 1. The predicted octanol–water partition coefficient (Wildman–Crippen LogP) is -2.97. The maximum Gasteiger partial charge on any atom is 0.280 e. The number of aromatic amines is 1. The molecule has 24 heavy (non-hydrogen) atoms. The Labute approximate surface area is 134 Å². The highest BCUT2D eigenvalue weighted by atomic mass is 32.2. The van der Waals surface area contributed by atoms with Crippen LogP contribution in [-0.4, -0.2) is 66.3 Å². The number of nitrogens with one attached hydrogen (secondary N) is 1. The Morgan fingerprint density at radius 3 is 2.83 bits per heavy atom. The predicted molar refractivity (Wildman–Crippen MR) is 79.1 cm³/mol. The standard InChI is InChI=1S/C11H15N5O7S/c1-11(20)5(18)8(24(21,22)3-17)23-9(11)16-2-13-4-6(16)14-10(12)15-7(4)19/h2,5,8-9,17-18,20H,3H2,1H3,(H3,12,14,15,19)/t5-,8+,9+,11+/m0/s1. The van der Waals surface area contributed by atoms with Gasteiger partial charge in [-0.15, -0.1) is 0 Å². The lowest BCUT2D eigenvalue weighted by Gasteiger charge is -2.27. The molecule has 2 aromatic rings. The Morgan fingerprint density at radius 2 is 2.21 bits per heavy atom.